The molecule has 1 saturated carbocycles. The number of hydrogen-bond acceptors (Lipinski definition) is 4. The molecule has 1 spiro atoms. The summed E-state index contributed by atoms with van der Waals surface area (Å²) in [5.74, 6) is -0.00414. The number of carbonyl (C=O) groups is 2. The van der Waals surface area contributed by atoms with Crippen molar-refractivity contribution in [2.75, 3.05) is 10.6 Å². The fourth-order valence-electron chi connectivity index (χ4n) is 4.16. The molecule has 2 aromatic carbocycles. The van der Waals surface area contributed by atoms with E-state index in [1.54, 1.807) is 6.07 Å². The lowest BCUT2D eigenvalue weighted by molar-refractivity contribution is -0.123. The first-order valence-electron chi connectivity index (χ1n) is 9.34. The topological polar surface area (TPSA) is 76.7 Å². The number of rotatable bonds is 2. The molecule has 27 heavy (non-hydrogen) atoms. The molecular weight excluding hydrogens is 344 g/mol. The van der Waals surface area contributed by atoms with Crippen LogP contribution in [0, 0.1) is 0 Å². The van der Waals surface area contributed by atoms with E-state index >= 15 is 0 Å². The van der Waals surface area contributed by atoms with Crippen molar-refractivity contribution < 1.29 is 19.1 Å². The smallest absolute Gasteiger partial charge is 0.251 e. The second kappa shape index (κ2) is 6.01. The Morgan fingerprint density at radius 3 is 2.70 bits per heavy atom. The summed E-state index contributed by atoms with van der Waals surface area (Å²) in [5, 5.41) is 5.74. The van der Waals surface area contributed by atoms with Gasteiger partial charge in [0.05, 0.1) is 5.92 Å². The summed E-state index contributed by atoms with van der Waals surface area (Å²) in [4.78, 5) is 24.8. The molecule has 0 radical (unpaired) electrons. The molecule has 1 aliphatic carbocycles. The maximum Gasteiger partial charge on any atom is 0.251 e. The van der Waals surface area contributed by atoms with Gasteiger partial charge < -0.3 is 20.1 Å². The Kier molecular flexibility index (Phi) is 3.60. The first kappa shape index (κ1) is 16.2. The van der Waals surface area contributed by atoms with Crippen molar-refractivity contribution in [2.24, 2.45) is 0 Å². The molecule has 0 aromatic heterocycles. The van der Waals surface area contributed by atoms with Crippen LogP contribution in [0.15, 0.2) is 42.5 Å². The van der Waals surface area contributed by atoms with E-state index in [9.17, 15) is 9.59 Å². The predicted octanol–water partition coefficient (Wildman–Crippen LogP) is 3.79. The van der Waals surface area contributed by atoms with Crippen LogP contribution < -0.4 is 20.1 Å². The number of ether oxygens (including phenoxy) is 2. The summed E-state index contributed by atoms with van der Waals surface area (Å²) in [5.41, 5.74) is 2.17. The van der Waals surface area contributed by atoms with Gasteiger partial charge in [-0.1, -0.05) is 18.2 Å². The molecule has 6 nitrogen and oxygen atoms in total. The third-order valence-electron chi connectivity index (χ3n) is 5.48. The normalized spacial score (nSPS) is 21.6. The van der Waals surface area contributed by atoms with Gasteiger partial charge in [-0.25, -0.2) is 0 Å². The molecule has 1 atom stereocenters. The van der Waals surface area contributed by atoms with Crippen LogP contribution in [0.3, 0.4) is 0 Å². The van der Waals surface area contributed by atoms with E-state index in [4.69, 9.17) is 9.47 Å². The van der Waals surface area contributed by atoms with Gasteiger partial charge in [0.25, 0.3) is 5.79 Å². The summed E-state index contributed by atoms with van der Waals surface area (Å²) in [6.45, 7) is 0. The summed E-state index contributed by atoms with van der Waals surface area (Å²) >= 11 is 0. The second-order valence-corrected chi connectivity index (χ2v) is 7.36. The number of carbonyl (C=O) groups excluding carboxylic acids is 2. The summed E-state index contributed by atoms with van der Waals surface area (Å²) < 4.78 is 12.1. The quantitative estimate of drug-likeness (QED) is 0.850. The van der Waals surface area contributed by atoms with Crippen molar-refractivity contribution in [2.45, 2.75) is 43.8 Å². The molecule has 1 unspecified atom stereocenters. The van der Waals surface area contributed by atoms with Gasteiger partial charge in [-0.05, 0) is 36.6 Å². The standard InChI is InChI=1S/C21H20N2O4/c24-19-12-15(14-5-1-2-6-16(14)23-19)20(25)22-13-7-8-17-18(11-13)27-21(26-17)9-3-4-10-21/h1-2,5-8,11,15H,3-4,9-10,12H2,(H,22,25)(H,23,24). The molecule has 0 saturated heterocycles. The number of nitrogens with one attached hydrogen (secondary N) is 2. The lowest BCUT2D eigenvalue weighted by Crippen LogP contribution is -2.34. The number of anilines is 2. The van der Waals surface area contributed by atoms with Crippen LogP contribution >= 0.6 is 0 Å². The Labute approximate surface area is 156 Å². The van der Waals surface area contributed by atoms with Gasteiger partial charge in [-0.3, -0.25) is 9.59 Å². The fourth-order valence-corrected chi connectivity index (χ4v) is 4.16. The maximum absolute atomic E-state index is 12.9. The molecule has 2 N–H and O–H groups in total. The zero-order valence-corrected chi connectivity index (χ0v) is 14.8. The predicted molar refractivity (Wildman–Crippen MR) is 100.0 cm³/mol. The number of hydrogen-bond donors (Lipinski definition) is 2. The lowest BCUT2D eigenvalue weighted by atomic mass is 9.90. The number of benzene rings is 2. The van der Waals surface area contributed by atoms with Crippen molar-refractivity contribution in [3.8, 4) is 11.5 Å². The summed E-state index contributed by atoms with van der Waals surface area (Å²) in [7, 11) is 0. The van der Waals surface area contributed by atoms with Gasteiger partial charge in [0.15, 0.2) is 11.5 Å². The van der Waals surface area contributed by atoms with Crippen LogP contribution in [0.5, 0.6) is 11.5 Å². The molecule has 3 aliphatic rings. The highest BCUT2D eigenvalue weighted by molar-refractivity contribution is 6.05. The van der Waals surface area contributed by atoms with Gasteiger partial charge in [0.1, 0.15) is 0 Å². The monoisotopic (exact) mass is 364 g/mol. The van der Waals surface area contributed by atoms with E-state index in [1.165, 1.54) is 0 Å². The van der Waals surface area contributed by atoms with E-state index in [1.807, 2.05) is 36.4 Å². The first-order chi connectivity index (χ1) is 13.1. The summed E-state index contributed by atoms with van der Waals surface area (Å²) in [6, 6.07) is 12.8. The Morgan fingerprint density at radius 1 is 1.07 bits per heavy atom. The molecule has 2 heterocycles. The SMILES string of the molecule is O=C1CC(C(=O)Nc2ccc3c(c2)OC2(CCCC2)O3)c2ccccc2N1. The van der Waals surface area contributed by atoms with Crippen molar-refractivity contribution >= 4 is 23.2 Å². The van der Waals surface area contributed by atoms with Crippen LogP contribution in [0.2, 0.25) is 0 Å². The third kappa shape index (κ3) is 2.81. The minimum absolute atomic E-state index is 0.135. The minimum atomic E-state index is -0.522. The Bertz CT molecular complexity index is 934. The molecule has 138 valence electrons. The van der Waals surface area contributed by atoms with E-state index < -0.39 is 11.7 Å². The van der Waals surface area contributed by atoms with Crippen molar-refractivity contribution in [1.82, 2.24) is 0 Å². The lowest BCUT2D eigenvalue weighted by Gasteiger charge is -2.24. The largest absolute Gasteiger partial charge is 0.448 e. The highest BCUT2D eigenvalue weighted by Crippen LogP contribution is 2.47. The molecule has 1 fully saturated rings. The molecule has 5 rings (SSSR count). The van der Waals surface area contributed by atoms with Gasteiger partial charge in [-0.2, -0.15) is 0 Å². The van der Waals surface area contributed by atoms with Crippen molar-refractivity contribution in [1.29, 1.82) is 0 Å². The Hall–Kier alpha value is -3.02. The van der Waals surface area contributed by atoms with Crippen LogP contribution in [-0.2, 0) is 9.59 Å². The minimum Gasteiger partial charge on any atom is -0.448 e. The number of amides is 2. The molecule has 2 amide bonds. The van der Waals surface area contributed by atoms with Gasteiger partial charge in [0.2, 0.25) is 11.8 Å². The third-order valence-corrected chi connectivity index (χ3v) is 5.48. The first-order valence-corrected chi connectivity index (χ1v) is 9.34. The highest BCUT2D eigenvalue weighted by Gasteiger charge is 2.44. The molecule has 6 heteroatoms. The number of fused-ring (bicyclic) bond motifs is 2. The average molecular weight is 364 g/mol. The maximum atomic E-state index is 12.9. The van der Waals surface area contributed by atoms with Crippen molar-refractivity contribution in [3.63, 3.8) is 0 Å². The van der Waals surface area contributed by atoms with E-state index in [-0.39, 0.29) is 18.2 Å². The van der Waals surface area contributed by atoms with E-state index in [0.29, 0.717) is 17.1 Å². The van der Waals surface area contributed by atoms with E-state index in [0.717, 1.165) is 37.0 Å². The fraction of sp³-hybridized carbons (Fsp3) is 0.333. The Balaban J connectivity index is 1.36. The molecule has 2 aliphatic heterocycles. The zero-order valence-electron chi connectivity index (χ0n) is 14.8. The van der Waals surface area contributed by atoms with Crippen LogP contribution in [-0.4, -0.2) is 17.6 Å². The van der Waals surface area contributed by atoms with E-state index in [2.05, 4.69) is 10.6 Å². The van der Waals surface area contributed by atoms with Gasteiger partial charge in [0, 0.05) is 36.7 Å². The Morgan fingerprint density at radius 2 is 1.85 bits per heavy atom. The molecular formula is C21H20N2O4. The van der Waals surface area contributed by atoms with Crippen LogP contribution in [0.1, 0.15) is 43.6 Å². The molecule has 2 aromatic rings. The van der Waals surface area contributed by atoms with Crippen LogP contribution in [0.4, 0.5) is 11.4 Å². The van der Waals surface area contributed by atoms with Crippen molar-refractivity contribution in [3.05, 3.63) is 48.0 Å². The van der Waals surface area contributed by atoms with Gasteiger partial charge in [-0.15, -0.1) is 0 Å². The summed E-state index contributed by atoms with van der Waals surface area (Å²) in [6.07, 6.45) is 4.10. The number of para-hydroxylation sites is 1. The average Bonchev–Trinajstić information content (AvgIpc) is 3.26. The second-order valence-electron chi connectivity index (χ2n) is 7.36. The zero-order chi connectivity index (χ0) is 18.4. The van der Waals surface area contributed by atoms with Crippen LogP contribution in [0.25, 0.3) is 0 Å². The highest BCUT2D eigenvalue weighted by atomic mass is 16.7. The molecule has 0 bridgehead atoms. The van der Waals surface area contributed by atoms with Gasteiger partial charge >= 0.3 is 0 Å².